The van der Waals surface area contributed by atoms with E-state index in [2.05, 4.69) is 19.2 Å². The van der Waals surface area contributed by atoms with Gasteiger partial charge in [-0.3, -0.25) is 0 Å². The van der Waals surface area contributed by atoms with Gasteiger partial charge in [0.05, 0.1) is 11.2 Å². The van der Waals surface area contributed by atoms with Crippen molar-refractivity contribution in [2.24, 2.45) is 0 Å². The predicted octanol–water partition coefficient (Wildman–Crippen LogP) is 4.86. The highest BCUT2D eigenvalue weighted by atomic mass is 19.4. The van der Waals surface area contributed by atoms with Crippen molar-refractivity contribution in [1.29, 1.82) is 0 Å². The van der Waals surface area contributed by atoms with E-state index in [0.29, 0.717) is 6.61 Å². The quantitative estimate of drug-likeness (QED) is 0.858. The van der Waals surface area contributed by atoms with Crippen LogP contribution in [0.15, 0.2) is 24.3 Å². The summed E-state index contributed by atoms with van der Waals surface area (Å²) in [5, 5.41) is 3.08. The van der Waals surface area contributed by atoms with Crippen LogP contribution in [0.3, 0.4) is 0 Å². The molecule has 1 fully saturated rings. The lowest BCUT2D eigenvalue weighted by Crippen LogP contribution is -2.43. The molecular weight excluding hydrogens is 279 g/mol. The van der Waals surface area contributed by atoms with Crippen molar-refractivity contribution in [2.45, 2.75) is 57.3 Å². The molecule has 0 saturated carbocycles. The van der Waals surface area contributed by atoms with Gasteiger partial charge < -0.3 is 10.1 Å². The largest absolute Gasteiger partial charge is 0.418 e. The van der Waals surface area contributed by atoms with Gasteiger partial charge in [-0.05, 0) is 37.8 Å². The second-order valence-corrected chi connectivity index (χ2v) is 5.62. The minimum atomic E-state index is -4.33. The molecule has 21 heavy (non-hydrogen) atoms. The van der Waals surface area contributed by atoms with Crippen molar-refractivity contribution >= 4 is 5.69 Å². The zero-order valence-corrected chi connectivity index (χ0v) is 12.5. The second-order valence-electron chi connectivity index (χ2n) is 5.62. The third kappa shape index (κ3) is 3.70. The monoisotopic (exact) mass is 301 g/mol. The van der Waals surface area contributed by atoms with Gasteiger partial charge in [0, 0.05) is 18.3 Å². The minimum absolute atomic E-state index is 0.0159. The first-order chi connectivity index (χ1) is 9.90. The number of hydrogen-bond acceptors (Lipinski definition) is 2. The number of ether oxygens (including phenoxy) is 1. The summed E-state index contributed by atoms with van der Waals surface area (Å²) in [6.45, 7) is 4.72. The Morgan fingerprint density at radius 2 is 1.90 bits per heavy atom. The van der Waals surface area contributed by atoms with Crippen LogP contribution in [-0.2, 0) is 10.9 Å². The molecule has 1 atom stereocenters. The van der Waals surface area contributed by atoms with Gasteiger partial charge >= 0.3 is 6.18 Å². The molecule has 5 heteroatoms. The SMILES string of the molecule is CCC1(CC)CC(Nc2ccccc2C(F)(F)F)CCO1. The van der Waals surface area contributed by atoms with Crippen LogP contribution in [0.5, 0.6) is 0 Å². The Kier molecular flexibility index (Phi) is 4.81. The maximum atomic E-state index is 13.0. The second kappa shape index (κ2) is 6.26. The number of para-hydroxylation sites is 1. The first kappa shape index (κ1) is 16.1. The molecule has 0 amide bonds. The third-order valence-corrected chi connectivity index (χ3v) is 4.37. The molecule has 1 N–H and O–H groups in total. The molecule has 0 radical (unpaired) electrons. The number of benzene rings is 1. The van der Waals surface area contributed by atoms with Gasteiger partial charge in [-0.1, -0.05) is 26.0 Å². The van der Waals surface area contributed by atoms with Crippen LogP contribution in [0, 0.1) is 0 Å². The van der Waals surface area contributed by atoms with Crippen LogP contribution >= 0.6 is 0 Å². The number of alkyl halides is 3. The van der Waals surface area contributed by atoms with Crippen LogP contribution in [0.4, 0.5) is 18.9 Å². The van der Waals surface area contributed by atoms with E-state index in [9.17, 15) is 13.2 Å². The normalized spacial score (nSPS) is 22.0. The number of halogens is 3. The number of nitrogens with one attached hydrogen (secondary N) is 1. The van der Waals surface area contributed by atoms with E-state index in [0.717, 1.165) is 31.7 Å². The summed E-state index contributed by atoms with van der Waals surface area (Å²) in [4.78, 5) is 0. The smallest absolute Gasteiger partial charge is 0.382 e. The zero-order chi connectivity index (χ0) is 15.5. The van der Waals surface area contributed by atoms with Gasteiger partial charge in [-0.15, -0.1) is 0 Å². The van der Waals surface area contributed by atoms with Crippen molar-refractivity contribution in [3.8, 4) is 0 Å². The highest BCUT2D eigenvalue weighted by molar-refractivity contribution is 5.53. The molecule has 1 aliphatic rings. The molecule has 1 aliphatic heterocycles. The fourth-order valence-electron chi connectivity index (χ4n) is 2.97. The fraction of sp³-hybridized carbons (Fsp3) is 0.625. The summed E-state index contributed by atoms with van der Waals surface area (Å²) in [5.74, 6) is 0. The highest BCUT2D eigenvalue weighted by Crippen LogP contribution is 2.37. The van der Waals surface area contributed by atoms with E-state index < -0.39 is 11.7 Å². The van der Waals surface area contributed by atoms with Gasteiger partial charge in [0.15, 0.2) is 0 Å². The van der Waals surface area contributed by atoms with E-state index in [1.54, 1.807) is 6.07 Å². The molecule has 2 rings (SSSR count). The minimum Gasteiger partial charge on any atom is -0.382 e. The van der Waals surface area contributed by atoms with E-state index >= 15 is 0 Å². The van der Waals surface area contributed by atoms with Crippen molar-refractivity contribution in [1.82, 2.24) is 0 Å². The lowest BCUT2D eigenvalue weighted by Gasteiger charge is -2.40. The Hall–Kier alpha value is -1.23. The molecule has 1 unspecified atom stereocenters. The summed E-state index contributed by atoms with van der Waals surface area (Å²) in [5.41, 5.74) is -0.642. The Morgan fingerprint density at radius 1 is 1.24 bits per heavy atom. The first-order valence-electron chi connectivity index (χ1n) is 7.47. The van der Waals surface area contributed by atoms with Crippen molar-refractivity contribution < 1.29 is 17.9 Å². The Morgan fingerprint density at radius 3 is 2.52 bits per heavy atom. The predicted molar refractivity (Wildman–Crippen MR) is 77.4 cm³/mol. The molecule has 0 spiro atoms. The zero-order valence-electron chi connectivity index (χ0n) is 12.5. The maximum Gasteiger partial charge on any atom is 0.418 e. The molecule has 0 aromatic heterocycles. The van der Waals surface area contributed by atoms with Gasteiger partial charge in [0.1, 0.15) is 0 Å². The van der Waals surface area contributed by atoms with Crippen LogP contribution < -0.4 is 5.32 Å². The van der Waals surface area contributed by atoms with Gasteiger partial charge in [-0.25, -0.2) is 0 Å². The fourth-order valence-corrected chi connectivity index (χ4v) is 2.97. The molecule has 1 aromatic carbocycles. The van der Waals surface area contributed by atoms with Crippen LogP contribution in [0.25, 0.3) is 0 Å². The molecular formula is C16H22F3NO. The van der Waals surface area contributed by atoms with Crippen LogP contribution in [0.2, 0.25) is 0 Å². The maximum absolute atomic E-state index is 13.0. The number of hydrogen-bond donors (Lipinski definition) is 1. The molecule has 1 saturated heterocycles. The van der Waals surface area contributed by atoms with Crippen molar-refractivity contribution in [3.63, 3.8) is 0 Å². The Labute approximate surface area is 123 Å². The summed E-state index contributed by atoms with van der Waals surface area (Å²) >= 11 is 0. The molecule has 0 bridgehead atoms. The molecule has 0 aliphatic carbocycles. The summed E-state index contributed by atoms with van der Waals surface area (Å²) < 4.78 is 44.9. The summed E-state index contributed by atoms with van der Waals surface area (Å²) in [6, 6.07) is 5.68. The van der Waals surface area contributed by atoms with Crippen LogP contribution in [0.1, 0.15) is 45.1 Å². The Balaban J connectivity index is 2.15. The van der Waals surface area contributed by atoms with Gasteiger partial charge in [0.25, 0.3) is 0 Å². The lowest BCUT2D eigenvalue weighted by molar-refractivity contribution is -0.137. The molecule has 1 heterocycles. The third-order valence-electron chi connectivity index (χ3n) is 4.37. The average molecular weight is 301 g/mol. The summed E-state index contributed by atoms with van der Waals surface area (Å²) in [7, 11) is 0. The van der Waals surface area contributed by atoms with Crippen LogP contribution in [-0.4, -0.2) is 18.2 Å². The first-order valence-corrected chi connectivity index (χ1v) is 7.47. The van der Waals surface area contributed by atoms with E-state index in [-0.39, 0.29) is 17.3 Å². The van der Waals surface area contributed by atoms with E-state index in [4.69, 9.17) is 4.74 Å². The molecule has 1 aromatic rings. The summed E-state index contributed by atoms with van der Waals surface area (Å²) in [6.07, 6.45) is -1.10. The van der Waals surface area contributed by atoms with Gasteiger partial charge in [-0.2, -0.15) is 13.2 Å². The van der Waals surface area contributed by atoms with Crippen molar-refractivity contribution in [2.75, 3.05) is 11.9 Å². The molecule has 118 valence electrons. The average Bonchev–Trinajstić information content (AvgIpc) is 2.47. The Bertz CT molecular complexity index is 469. The van der Waals surface area contributed by atoms with Gasteiger partial charge in [0.2, 0.25) is 0 Å². The number of anilines is 1. The lowest BCUT2D eigenvalue weighted by atomic mass is 9.85. The highest BCUT2D eigenvalue weighted by Gasteiger charge is 2.37. The topological polar surface area (TPSA) is 21.3 Å². The van der Waals surface area contributed by atoms with Crippen molar-refractivity contribution in [3.05, 3.63) is 29.8 Å². The number of rotatable bonds is 4. The molecule has 2 nitrogen and oxygen atoms in total. The standard InChI is InChI=1S/C16H22F3NO/c1-3-15(4-2)11-12(9-10-21-15)20-14-8-6-5-7-13(14)16(17,18)19/h5-8,12,20H,3-4,9-11H2,1-2H3. The van der Waals surface area contributed by atoms with E-state index in [1.807, 2.05) is 0 Å². The van der Waals surface area contributed by atoms with E-state index in [1.165, 1.54) is 12.1 Å².